The topological polar surface area (TPSA) is 43.3 Å². The summed E-state index contributed by atoms with van der Waals surface area (Å²) < 4.78 is 7.64. The molecule has 0 aliphatic heterocycles. The predicted molar refractivity (Wildman–Crippen MR) is 72.9 cm³/mol. The summed E-state index contributed by atoms with van der Waals surface area (Å²) in [5.74, 6) is 1.34. The van der Waals surface area contributed by atoms with Gasteiger partial charge in [0, 0.05) is 5.56 Å². The fourth-order valence-electron chi connectivity index (χ4n) is 2.38. The lowest BCUT2D eigenvalue weighted by atomic mass is 10.1. The minimum Gasteiger partial charge on any atom is -0.422 e. The first-order valence-electron chi connectivity index (χ1n) is 6.13. The molecule has 4 nitrogen and oxygen atoms in total. The number of benzene rings is 2. The second kappa shape index (κ2) is 3.68. The third kappa shape index (κ3) is 1.40. The van der Waals surface area contributed by atoms with E-state index in [0.29, 0.717) is 5.84 Å². The van der Waals surface area contributed by atoms with Crippen molar-refractivity contribution in [3.8, 4) is 11.4 Å². The molecule has 0 aliphatic rings. The van der Waals surface area contributed by atoms with Gasteiger partial charge in [-0.1, -0.05) is 41.5 Å². The van der Waals surface area contributed by atoms with Crippen LogP contribution in [0.4, 0.5) is 0 Å². The molecule has 0 saturated carbocycles. The summed E-state index contributed by atoms with van der Waals surface area (Å²) in [5.41, 5.74) is 4.05. The molecule has 19 heavy (non-hydrogen) atoms. The van der Waals surface area contributed by atoms with Gasteiger partial charge >= 0.3 is 5.84 Å². The molecule has 92 valence electrons. The predicted octanol–water partition coefficient (Wildman–Crippen LogP) is 3.45. The van der Waals surface area contributed by atoms with Crippen molar-refractivity contribution in [3.05, 3.63) is 54.1 Å². The SMILES string of the molecule is Cc1ccccc1-c1nnc2oc3ccccc3n12. The molecule has 0 saturated heterocycles. The maximum Gasteiger partial charge on any atom is 0.327 e. The van der Waals surface area contributed by atoms with Crippen molar-refractivity contribution in [1.82, 2.24) is 14.6 Å². The molecular formula is C15H11N3O. The summed E-state index contributed by atoms with van der Waals surface area (Å²) >= 11 is 0. The Bertz CT molecular complexity index is 889. The number of hydrogen-bond acceptors (Lipinski definition) is 3. The van der Waals surface area contributed by atoms with Gasteiger partial charge in [0.15, 0.2) is 11.4 Å². The number of rotatable bonds is 1. The van der Waals surface area contributed by atoms with Gasteiger partial charge < -0.3 is 4.42 Å². The van der Waals surface area contributed by atoms with E-state index in [4.69, 9.17) is 4.42 Å². The Hall–Kier alpha value is -2.62. The number of oxazole rings is 1. The second-order valence-corrected chi connectivity index (χ2v) is 4.53. The molecule has 0 N–H and O–H groups in total. The minimum absolute atomic E-state index is 0.527. The fraction of sp³-hybridized carbons (Fsp3) is 0.0667. The van der Waals surface area contributed by atoms with Crippen LogP contribution in [0, 0.1) is 6.92 Å². The molecule has 4 aromatic rings. The lowest BCUT2D eigenvalue weighted by Crippen LogP contribution is -1.90. The van der Waals surface area contributed by atoms with E-state index in [9.17, 15) is 0 Å². The molecule has 0 spiro atoms. The Labute approximate surface area is 109 Å². The van der Waals surface area contributed by atoms with Crippen LogP contribution in [0.1, 0.15) is 5.56 Å². The molecule has 0 amide bonds. The van der Waals surface area contributed by atoms with Gasteiger partial charge in [-0.3, -0.25) is 0 Å². The van der Waals surface area contributed by atoms with E-state index in [1.807, 2.05) is 46.9 Å². The number of nitrogens with zero attached hydrogens (tertiary/aromatic N) is 3. The highest BCUT2D eigenvalue weighted by Gasteiger charge is 2.15. The Morgan fingerprint density at radius 3 is 2.63 bits per heavy atom. The van der Waals surface area contributed by atoms with E-state index in [0.717, 1.165) is 22.5 Å². The summed E-state index contributed by atoms with van der Waals surface area (Å²) in [6.07, 6.45) is 0. The standard InChI is InChI=1S/C15H11N3O/c1-10-6-2-3-7-11(10)14-16-17-15-18(14)12-8-4-5-9-13(12)19-15/h2-9H,1H3. The van der Waals surface area contributed by atoms with Gasteiger partial charge in [0.25, 0.3) is 0 Å². The molecule has 0 fully saturated rings. The van der Waals surface area contributed by atoms with Crippen molar-refractivity contribution in [3.63, 3.8) is 0 Å². The largest absolute Gasteiger partial charge is 0.422 e. The molecule has 2 aromatic carbocycles. The van der Waals surface area contributed by atoms with Gasteiger partial charge in [-0.15, -0.1) is 5.10 Å². The summed E-state index contributed by atoms with van der Waals surface area (Å²) in [5, 5.41) is 8.38. The van der Waals surface area contributed by atoms with Crippen LogP contribution in [-0.2, 0) is 0 Å². The van der Waals surface area contributed by atoms with Gasteiger partial charge in [-0.2, -0.15) is 0 Å². The van der Waals surface area contributed by atoms with Gasteiger partial charge in [-0.05, 0) is 24.6 Å². The van der Waals surface area contributed by atoms with Crippen LogP contribution < -0.4 is 0 Å². The zero-order valence-electron chi connectivity index (χ0n) is 10.4. The first-order valence-corrected chi connectivity index (χ1v) is 6.13. The van der Waals surface area contributed by atoms with Gasteiger partial charge in [0.05, 0.1) is 5.52 Å². The quantitative estimate of drug-likeness (QED) is 0.519. The third-order valence-electron chi connectivity index (χ3n) is 3.33. The highest BCUT2D eigenvalue weighted by molar-refractivity contribution is 5.79. The van der Waals surface area contributed by atoms with E-state index in [1.165, 1.54) is 5.56 Å². The maximum absolute atomic E-state index is 5.68. The monoisotopic (exact) mass is 249 g/mol. The summed E-state index contributed by atoms with van der Waals surface area (Å²) in [6, 6.07) is 16.0. The first-order chi connectivity index (χ1) is 9.34. The first kappa shape index (κ1) is 10.3. The highest BCUT2D eigenvalue weighted by atomic mass is 16.4. The fourth-order valence-corrected chi connectivity index (χ4v) is 2.38. The Morgan fingerprint density at radius 1 is 0.947 bits per heavy atom. The van der Waals surface area contributed by atoms with E-state index < -0.39 is 0 Å². The van der Waals surface area contributed by atoms with Gasteiger partial charge in [-0.25, -0.2) is 4.40 Å². The van der Waals surface area contributed by atoms with Crippen molar-refractivity contribution in [2.75, 3.05) is 0 Å². The minimum atomic E-state index is 0.527. The van der Waals surface area contributed by atoms with E-state index in [2.05, 4.69) is 23.2 Å². The molecule has 2 aromatic heterocycles. The van der Waals surface area contributed by atoms with Crippen LogP contribution in [0.5, 0.6) is 0 Å². The van der Waals surface area contributed by atoms with Crippen molar-refractivity contribution in [2.45, 2.75) is 6.92 Å². The number of fused-ring (bicyclic) bond motifs is 3. The molecule has 4 rings (SSSR count). The molecule has 0 bridgehead atoms. The van der Waals surface area contributed by atoms with Crippen molar-refractivity contribution >= 4 is 16.9 Å². The molecule has 0 unspecified atom stereocenters. The molecule has 4 heteroatoms. The lowest BCUT2D eigenvalue weighted by Gasteiger charge is -2.02. The van der Waals surface area contributed by atoms with E-state index >= 15 is 0 Å². The molecular weight excluding hydrogens is 238 g/mol. The summed E-state index contributed by atoms with van der Waals surface area (Å²) in [7, 11) is 0. The average molecular weight is 249 g/mol. The van der Waals surface area contributed by atoms with Crippen LogP contribution in [-0.4, -0.2) is 14.6 Å². The summed E-state index contributed by atoms with van der Waals surface area (Å²) in [6.45, 7) is 2.07. The molecule has 0 atom stereocenters. The lowest BCUT2D eigenvalue weighted by molar-refractivity contribution is 0.637. The highest BCUT2D eigenvalue weighted by Crippen LogP contribution is 2.27. The normalized spacial score (nSPS) is 11.4. The van der Waals surface area contributed by atoms with Crippen molar-refractivity contribution in [1.29, 1.82) is 0 Å². The Balaban J connectivity index is 2.13. The molecule has 2 heterocycles. The summed E-state index contributed by atoms with van der Waals surface area (Å²) in [4.78, 5) is 0. The van der Waals surface area contributed by atoms with Crippen LogP contribution >= 0.6 is 0 Å². The van der Waals surface area contributed by atoms with E-state index in [1.54, 1.807) is 0 Å². The number of aromatic nitrogens is 3. The number of aryl methyl sites for hydroxylation is 1. The zero-order valence-corrected chi connectivity index (χ0v) is 10.4. The average Bonchev–Trinajstić information content (AvgIpc) is 2.98. The molecule has 0 radical (unpaired) electrons. The van der Waals surface area contributed by atoms with Gasteiger partial charge in [0.1, 0.15) is 0 Å². The van der Waals surface area contributed by atoms with Crippen LogP contribution in [0.3, 0.4) is 0 Å². The number of hydrogen-bond donors (Lipinski definition) is 0. The van der Waals surface area contributed by atoms with Crippen LogP contribution in [0.15, 0.2) is 52.9 Å². The second-order valence-electron chi connectivity index (χ2n) is 4.53. The Kier molecular flexibility index (Phi) is 2.00. The third-order valence-corrected chi connectivity index (χ3v) is 3.33. The number of para-hydroxylation sites is 2. The van der Waals surface area contributed by atoms with Crippen LogP contribution in [0.2, 0.25) is 0 Å². The maximum atomic E-state index is 5.68. The van der Waals surface area contributed by atoms with Crippen molar-refractivity contribution in [2.24, 2.45) is 0 Å². The van der Waals surface area contributed by atoms with Crippen LogP contribution in [0.25, 0.3) is 28.3 Å². The van der Waals surface area contributed by atoms with Crippen molar-refractivity contribution < 1.29 is 4.42 Å². The van der Waals surface area contributed by atoms with E-state index in [-0.39, 0.29) is 0 Å². The Morgan fingerprint density at radius 2 is 1.74 bits per heavy atom. The smallest absolute Gasteiger partial charge is 0.327 e. The zero-order chi connectivity index (χ0) is 12.8. The molecule has 0 aliphatic carbocycles. The van der Waals surface area contributed by atoms with Gasteiger partial charge in [0.2, 0.25) is 0 Å².